The van der Waals surface area contributed by atoms with E-state index in [1.54, 1.807) is 7.11 Å². The highest BCUT2D eigenvalue weighted by Gasteiger charge is 2.21. The van der Waals surface area contributed by atoms with Crippen LogP contribution in [0.15, 0.2) is 48.5 Å². The summed E-state index contributed by atoms with van der Waals surface area (Å²) >= 11 is 0. The zero-order chi connectivity index (χ0) is 18.4. The summed E-state index contributed by atoms with van der Waals surface area (Å²) in [5.74, 6) is 0.925. The van der Waals surface area contributed by atoms with Crippen molar-refractivity contribution in [2.75, 3.05) is 33.3 Å². The fraction of sp³-hybridized carbons (Fsp3) is 0.381. The fourth-order valence-electron chi connectivity index (χ4n) is 3.29. The summed E-state index contributed by atoms with van der Waals surface area (Å²) in [5.41, 5.74) is 3.56. The molecule has 0 aliphatic carbocycles. The molecular weight excluding hydrogens is 326 g/mol. The molecule has 0 saturated carbocycles. The van der Waals surface area contributed by atoms with Crippen molar-refractivity contribution in [2.45, 2.75) is 20.0 Å². The first-order valence-corrected chi connectivity index (χ1v) is 9.08. The van der Waals surface area contributed by atoms with Gasteiger partial charge < -0.3 is 15.0 Å². The van der Waals surface area contributed by atoms with Gasteiger partial charge in [0.15, 0.2) is 0 Å². The second kappa shape index (κ2) is 8.72. The second-order valence-electron chi connectivity index (χ2n) is 6.71. The third kappa shape index (κ3) is 4.76. The van der Waals surface area contributed by atoms with E-state index in [-0.39, 0.29) is 6.03 Å². The molecule has 0 spiro atoms. The van der Waals surface area contributed by atoms with Gasteiger partial charge in [-0.2, -0.15) is 0 Å². The Morgan fingerprint density at radius 2 is 1.77 bits per heavy atom. The highest BCUT2D eigenvalue weighted by molar-refractivity contribution is 5.74. The number of aryl methyl sites for hydroxylation is 1. The summed E-state index contributed by atoms with van der Waals surface area (Å²) < 4.78 is 5.32. The summed E-state index contributed by atoms with van der Waals surface area (Å²) in [5, 5.41) is 3.01. The monoisotopic (exact) mass is 353 g/mol. The van der Waals surface area contributed by atoms with Gasteiger partial charge in [-0.15, -0.1) is 0 Å². The lowest BCUT2D eigenvalue weighted by Crippen LogP contribution is -2.51. The summed E-state index contributed by atoms with van der Waals surface area (Å²) in [6, 6.07) is 16.3. The fourth-order valence-corrected chi connectivity index (χ4v) is 3.29. The molecular formula is C21H27N3O2. The van der Waals surface area contributed by atoms with Crippen molar-refractivity contribution in [1.82, 2.24) is 15.1 Å². The number of nitrogens with one attached hydrogen (secondary N) is 1. The number of rotatable bonds is 5. The Kier molecular flexibility index (Phi) is 6.12. The predicted octanol–water partition coefficient (Wildman–Crippen LogP) is 3.03. The molecule has 138 valence electrons. The van der Waals surface area contributed by atoms with Crippen LogP contribution in [0.25, 0.3) is 0 Å². The van der Waals surface area contributed by atoms with Crippen LogP contribution in [0.1, 0.15) is 16.7 Å². The van der Waals surface area contributed by atoms with Gasteiger partial charge in [0.25, 0.3) is 0 Å². The van der Waals surface area contributed by atoms with Crippen LogP contribution >= 0.6 is 0 Å². The first kappa shape index (κ1) is 18.3. The Bertz CT molecular complexity index is 725. The third-order valence-electron chi connectivity index (χ3n) is 4.81. The Balaban J connectivity index is 1.45. The molecule has 5 nitrogen and oxygen atoms in total. The SMILES string of the molecule is COc1ccc(CN2CCN(C(=O)NCc3ccccc3)CC2)cc1C. The average Bonchev–Trinajstić information content (AvgIpc) is 2.68. The number of methoxy groups -OCH3 is 1. The van der Waals surface area contributed by atoms with E-state index in [2.05, 4.69) is 29.3 Å². The minimum atomic E-state index is 0.0220. The Hall–Kier alpha value is -2.53. The van der Waals surface area contributed by atoms with Gasteiger partial charge in [-0.25, -0.2) is 4.79 Å². The molecule has 0 radical (unpaired) electrons. The summed E-state index contributed by atoms with van der Waals surface area (Å²) in [7, 11) is 1.70. The molecule has 0 unspecified atom stereocenters. The standard InChI is InChI=1S/C21H27N3O2/c1-17-14-19(8-9-20(17)26-2)16-23-10-12-24(13-11-23)21(25)22-15-18-6-4-3-5-7-18/h3-9,14H,10-13,15-16H2,1-2H3,(H,22,25). The van der Waals surface area contributed by atoms with E-state index in [0.717, 1.165) is 49.6 Å². The van der Waals surface area contributed by atoms with E-state index in [1.165, 1.54) is 5.56 Å². The molecule has 2 aromatic rings. The maximum absolute atomic E-state index is 12.3. The van der Waals surface area contributed by atoms with Gasteiger partial charge in [0, 0.05) is 39.3 Å². The number of benzene rings is 2. The topological polar surface area (TPSA) is 44.8 Å². The lowest BCUT2D eigenvalue weighted by Gasteiger charge is -2.34. The first-order valence-electron chi connectivity index (χ1n) is 9.08. The molecule has 1 aliphatic rings. The number of hydrogen-bond acceptors (Lipinski definition) is 3. The largest absolute Gasteiger partial charge is 0.496 e. The molecule has 26 heavy (non-hydrogen) atoms. The Labute approximate surface area is 155 Å². The Morgan fingerprint density at radius 1 is 1.04 bits per heavy atom. The molecule has 0 bridgehead atoms. The molecule has 0 aromatic heterocycles. The molecule has 1 N–H and O–H groups in total. The highest BCUT2D eigenvalue weighted by atomic mass is 16.5. The zero-order valence-corrected chi connectivity index (χ0v) is 15.6. The van der Waals surface area contributed by atoms with E-state index in [9.17, 15) is 4.79 Å². The zero-order valence-electron chi connectivity index (χ0n) is 15.6. The molecule has 3 rings (SSSR count). The van der Waals surface area contributed by atoms with Crippen molar-refractivity contribution in [3.8, 4) is 5.75 Å². The van der Waals surface area contributed by atoms with Gasteiger partial charge in [0.05, 0.1) is 7.11 Å². The minimum absolute atomic E-state index is 0.0220. The van der Waals surface area contributed by atoms with E-state index in [1.807, 2.05) is 41.3 Å². The normalized spacial score (nSPS) is 14.9. The average molecular weight is 353 g/mol. The molecule has 0 atom stereocenters. The maximum Gasteiger partial charge on any atom is 0.317 e. The van der Waals surface area contributed by atoms with E-state index >= 15 is 0 Å². The van der Waals surface area contributed by atoms with Crippen molar-refractivity contribution in [3.63, 3.8) is 0 Å². The molecule has 1 fully saturated rings. The smallest absolute Gasteiger partial charge is 0.317 e. The quantitative estimate of drug-likeness (QED) is 0.899. The number of piperazine rings is 1. The van der Waals surface area contributed by atoms with E-state index < -0.39 is 0 Å². The van der Waals surface area contributed by atoms with Crippen LogP contribution in [0.3, 0.4) is 0 Å². The van der Waals surface area contributed by atoms with Crippen LogP contribution in [-0.4, -0.2) is 49.1 Å². The van der Waals surface area contributed by atoms with E-state index in [0.29, 0.717) is 6.54 Å². The minimum Gasteiger partial charge on any atom is -0.496 e. The van der Waals surface area contributed by atoms with Crippen LogP contribution in [0.5, 0.6) is 5.75 Å². The molecule has 2 aromatic carbocycles. The van der Waals surface area contributed by atoms with Gasteiger partial charge in [-0.05, 0) is 29.7 Å². The first-order chi connectivity index (χ1) is 12.7. The van der Waals surface area contributed by atoms with Crippen LogP contribution in [0.2, 0.25) is 0 Å². The number of amides is 2. The number of urea groups is 1. The number of ether oxygens (including phenoxy) is 1. The summed E-state index contributed by atoms with van der Waals surface area (Å²) in [6.07, 6.45) is 0. The Morgan fingerprint density at radius 3 is 2.42 bits per heavy atom. The van der Waals surface area contributed by atoms with Crippen LogP contribution < -0.4 is 10.1 Å². The lowest BCUT2D eigenvalue weighted by molar-refractivity contribution is 0.135. The molecule has 1 heterocycles. The predicted molar refractivity (Wildman–Crippen MR) is 103 cm³/mol. The molecule has 2 amide bonds. The lowest BCUT2D eigenvalue weighted by atomic mass is 10.1. The third-order valence-corrected chi connectivity index (χ3v) is 4.81. The van der Waals surface area contributed by atoms with E-state index in [4.69, 9.17) is 4.74 Å². The van der Waals surface area contributed by atoms with Crippen molar-refractivity contribution in [1.29, 1.82) is 0 Å². The molecule has 5 heteroatoms. The van der Waals surface area contributed by atoms with Crippen LogP contribution in [-0.2, 0) is 13.1 Å². The van der Waals surface area contributed by atoms with Crippen LogP contribution in [0.4, 0.5) is 4.79 Å². The van der Waals surface area contributed by atoms with Crippen molar-refractivity contribution in [2.24, 2.45) is 0 Å². The number of nitrogens with zero attached hydrogens (tertiary/aromatic N) is 2. The molecule has 1 saturated heterocycles. The van der Waals surface area contributed by atoms with Gasteiger partial charge in [-0.1, -0.05) is 42.5 Å². The van der Waals surface area contributed by atoms with Crippen molar-refractivity contribution >= 4 is 6.03 Å². The maximum atomic E-state index is 12.3. The highest BCUT2D eigenvalue weighted by Crippen LogP contribution is 2.19. The van der Waals surface area contributed by atoms with Gasteiger partial charge in [-0.3, -0.25) is 4.90 Å². The van der Waals surface area contributed by atoms with Gasteiger partial charge in [0.2, 0.25) is 0 Å². The number of carbonyl (C=O) groups is 1. The van der Waals surface area contributed by atoms with Gasteiger partial charge in [0.1, 0.15) is 5.75 Å². The van der Waals surface area contributed by atoms with Crippen molar-refractivity contribution in [3.05, 3.63) is 65.2 Å². The number of hydrogen-bond donors (Lipinski definition) is 1. The van der Waals surface area contributed by atoms with Crippen LogP contribution in [0, 0.1) is 6.92 Å². The second-order valence-corrected chi connectivity index (χ2v) is 6.71. The number of carbonyl (C=O) groups excluding carboxylic acids is 1. The molecule has 1 aliphatic heterocycles. The van der Waals surface area contributed by atoms with Gasteiger partial charge >= 0.3 is 6.03 Å². The summed E-state index contributed by atoms with van der Waals surface area (Å²) in [4.78, 5) is 16.6. The van der Waals surface area contributed by atoms with Crippen molar-refractivity contribution < 1.29 is 9.53 Å². The summed E-state index contributed by atoms with van der Waals surface area (Å²) in [6.45, 7) is 6.85.